The Kier molecular flexibility index (Phi) is 4.83. The average molecular weight is 337 g/mol. The summed E-state index contributed by atoms with van der Waals surface area (Å²) in [5.74, 6) is 1.16. The normalized spacial score (nSPS) is 10.8. The minimum atomic E-state index is 0.831. The number of aromatic nitrogens is 2. The van der Waals surface area contributed by atoms with Gasteiger partial charge >= 0.3 is 0 Å². The van der Waals surface area contributed by atoms with Gasteiger partial charge in [-0.15, -0.1) is 0 Å². The molecule has 0 aliphatic heterocycles. The molecule has 1 aromatic heterocycles. The molecule has 0 aliphatic rings. The third-order valence-corrected chi connectivity index (χ3v) is 3.83. The van der Waals surface area contributed by atoms with Crippen molar-refractivity contribution in [1.29, 1.82) is 0 Å². The lowest BCUT2D eigenvalue weighted by atomic mass is 10.2. The number of halogens is 1. The Bertz CT molecular complexity index is 592. The maximum absolute atomic E-state index is 4.54. The van der Waals surface area contributed by atoms with Crippen molar-refractivity contribution in [3.63, 3.8) is 0 Å². The Labute approximate surface area is 128 Å². The van der Waals surface area contributed by atoms with E-state index < -0.39 is 0 Å². The number of anilines is 1. The van der Waals surface area contributed by atoms with Gasteiger partial charge in [0.05, 0.1) is 5.69 Å². The third kappa shape index (κ3) is 3.22. The zero-order valence-electron chi connectivity index (χ0n) is 12.4. The van der Waals surface area contributed by atoms with Crippen LogP contribution < -0.4 is 10.2 Å². The molecule has 0 amide bonds. The molecule has 1 N–H and O–H groups in total. The quantitative estimate of drug-likeness (QED) is 0.911. The monoisotopic (exact) mass is 336 g/mol. The van der Waals surface area contributed by atoms with Crippen LogP contribution in [-0.2, 0) is 20.1 Å². The number of rotatable bonds is 5. The third-order valence-electron chi connectivity index (χ3n) is 3.34. The van der Waals surface area contributed by atoms with Gasteiger partial charge in [-0.3, -0.25) is 4.68 Å². The SMILES string of the molecule is CNCc1c(C)nn(C)c1N(C)Cc1cccc(Br)c1. The van der Waals surface area contributed by atoms with E-state index in [-0.39, 0.29) is 0 Å². The number of hydrogen-bond acceptors (Lipinski definition) is 3. The van der Waals surface area contributed by atoms with Crippen molar-refractivity contribution >= 4 is 21.7 Å². The van der Waals surface area contributed by atoms with Gasteiger partial charge in [0.1, 0.15) is 5.82 Å². The first kappa shape index (κ1) is 15.1. The van der Waals surface area contributed by atoms with E-state index in [4.69, 9.17) is 0 Å². The van der Waals surface area contributed by atoms with Crippen LogP contribution in [0.5, 0.6) is 0 Å². The van der Waals surface area contributed by atoms with E-state index in [0.717, 1.165) is 29.1 Å². The number of benzene rings is 1. The summed E-state index contributed by atoms with van der Waals surface area (Å²) >= 11 is 3.52. The molecule has 0 saturated carbocycles. The molecule has 4 nitrogen and oxygen atoms in total. The highest BCUT2D eigenvalue weighted by atomic mass is 79.9. The van der Waals surface area contributed by atoms with Crippen molar-refractivity contribution in [2.24, 2.45) is 7.05 Å². The number of nitrogens with zero attached hydrogens (tertiary/aromatic N) is 3. The fourth-order valence-corrected chi connectivity index (χ4v) is 2.98. The van der Waals surface area contributed by atoms with E-state index in [1.165, 1.54) is 11.1 Å². The van der Waals surface area contributed by atoms with Crippen molar-refractivity contribution in [2.45, 2.75) is 20.0 Å². The minimum Gasteiger partial charge on any atom is -0.355 e. The molecule has 0 fully saturated rings. The minimum absolute atomic E-state index is 0.831. The smallest absolute Gasteiger partial charge is 0.131 e. The summed E-state index contributed by atoms with van der Waals surface area (Å²) in [5.41, 5.74) is 3.61. The van der Waals surface area contributed by atoms with Crippen molar-refractivity contribution in [3.8, 4) is 0 Å². The van der Waals surface area contributed by atoms with Gasteiger partial charge in [-0.05, 0) is 31.7 Å². The van der Waals surface area contributed by atoms with Gasteiger partial charge in [0.25, 0.3) is 0 Å². The molecule has 0 radical (unpaired) electrons. The van der Waals surface area contributed by atoms with Gasteiger partial charge in [-0.25, -0.2) is 0 Å². The second-order valence-corrected chi connectivity index (χ2v) is 5.94. The fourth-order valence-electron chi connectivity index (χ4n) is 2.54. The van der Waals surface area contributed by atoms with Crippen LogP contribution >= 0.6 is 15.9 Å². The molecular formula is C15H21BrN4. The first-order valence-corrected chi connectivity index (χ1v) is 7.45. The molecule has 0 spiro atoms. The summed E-state index contributed by atoms with van der Waals surface area (Å²) in [6, 6.07) is 8.40. The van der Waals surface area contributed by atoms with Crippen LogP contribution in [-0.4, -0.2) is 23.9 Å². The molecule has 2 rings (SSSR count). The van der Waals surface area contributed by atoms with Crippen LogP contribution in [0.3, 0.4) is 0 Å². The number of nitrogens with one attached hydrogen (secondary N) is 1. The van der Waals surface area contributed by atoms with Gasteiger partial charge in [0.15, 0.2) is 0 Å². The maximum atomic E-state index is 4.54. The first-order valence-electron chi connectivity index (χ1n) is 6.65. The fraction of sp³-hybridized carbons (Fsp3) is 0.400. The van der Waals surface area contributed by atoms with Gasteiger partial charge in [0.2, 0.25) is 0 Å². The molecule has 1 heterocycles. The van der Waals surface area contributed by atoms with E-state index in [1.54, 1.807) is 0 Å². The largest absolute Gasteiger partial charge is 0.355 e. The highest BCUT2D eigenvalue weighted by Crippen LogP contribution is 2.24. The maximum Gasteiger partial charge on any atom is 0.131 e. The van der Waals surface area contributed by atoms with Crippen LogP contribution in [0.2, 0.25) is 0 Å². The molecule has 5 heteroatoms. The van der Waals surface area contributed by atoms with Crippen LogP contribution in [0.1, 0.15) is 16.8 Å². The summed E-state index contributed by atoms with van der Waals surface area (Å²) < 4.78 is 3.07. The molecule has 108 valence electrons. The lowest BCUT2D eigenvalue weighted by molar-refractivity contribution is 0.723. The van der Waals surface area contributed by atoms with Crippen LogP contribution in [0.15, 0.2) is 28.7 Å². The van der Waals surface area contributed by atoms with Crippen LogP contribution in [0.4, 0.5) is 5.82 Å². The molecule has 0 aliphatic carbocycles. The van der Waals surface area contributed by atoms with E-state index >= 15 is 0 Å². The first-order chi connectivity index (χ1) is 9.52. The second kappa shape index (κ2) is 6.41. The molecule has 2 aromatic rings. The van der Waals surface area contributed by atoms with Gasteiger partial charge in [-0.1, -0.05) is 28.1 Å². The second-order valence-electron chi connectivity index (χ2n) is 5.03. The Hall–Kier alpha value is -1.33. The standard InChI is InChI=1S/C15H21BrN4/c1-11-14(9-17-2)15(20(4)18-11)19(3)10-12-6-5-7-13(16)8-12/h5-8,17H,9-10H2,1-4H3. The molecule has 0 bridgehead atoms. The van der Waals surface area contributed by atoms with Crippen molar-refractivity contribution in [1.82, 2.24) is 15.1 Å². The molecule has 0 saturated heterocycles. The lowest BCUT2D eigenvalue weighted by Crippen LogP contribution is -2.21. The van der Waals surface area contributed by atoms with Crippen molar-refractivity contribution in [2.75, 3.05) is 19.0 Å². The predicted molar refractivity (Wildman–Crippen MR) is 87.0 cm³/mol. The van der Waals surface area contributed by atoms with Crippen molar-refractivity contribution < 1.29 is 0 Å². The Balaban J connectivity index is 2.27. The Morgan fingerprint density at radius 2 is 2.15 bits per heavy atom. The van der Waals surface area contributed by atoms with E-state index in [2.05, 4.69) is 63.4 Å². The Morgan fingerprint density at radius 1 is 1.40 bits per heavy atom. The van der Waals surface area contributed by atoms with Crippen molar-refractivity contribution in [3.05, 3.63) is 45.6 Å². The summed E-state index contributed by atoms with van der Waals surface area (Å²) in [7, 11) is 6.07. The molecular weight excluding hydrogens is 316 g/mol. The van der Waals surface area contributed by atoms with E-state index in [1.807, 2.05) is 24.8 Å². The molecule has 1 aromatic carbocycles. The average Bonchev–Trinajstić information content (AvgIpc) is 2.65. The molecule has 20 heavy (non-hydrogen) atoms. The summed E-state index contributed by atoms with van der Waals surface area (Å²) in [6.07, 6.45) is 0. The summed E-state index contributed by atoms with van der Waals surface area (Å²) in [4.78, 5) is 2.24. The Morgan fingerprint density at radius 3 is 2.80 bits per heavy atom. The van der Waals surface area contributed by atoms with Crippen LogP contribution in [0.25, 0.3) is 0 Å². The van der Waals surface area contributed by atoms with Crippen LogP contribution in [0, 0.1) is 6.92 Å². The highest BCUT2D eigenvalue weighted by molar-refractivity contribution is 9.10. The molecule has 0 atom stereocenters. The highest BCUT2D eigenvalue weighted by Gasteiger charge is 2.16. The van der Waals surface area contributed by atoms with E-state index in [9.17, 15) is 0 Å². The molecule has 0 unspecified atom stereocenters. The predicted octanol–water partition coefficient (Wildman–Crippen LogP) is 2.85. The van der Waals surface area contributed by atoms with E-state index in [0.29, 0.717) is 0 Å². The number of hydrogen-bond donors (Lipinski definition) is 1. The van der Waals surface area contributed by atoms with Gasteiger partial charge in [0, 0.05) is 37.2 Å². The zero-order chi connectivity index (χ0) is 14.7. The topological polar surface area (TPSA) is 33.1 Å². The lowest BCUT2D eigenvalue weighted by Gasteiger charge is -2.21. The summed E-state index contributed by atoms with van der Waals surface area (Å²) in [5, 5.41) is 7.75. The summed E-state index contributed by atoms with van der Waals surface area (Å²) in [6.45, 7) is 3.75. The van der Waals surface area contributed by atoms with Gasteiger partial charge < -0.3 is 10.2 Å². The zero-order valence-corrected chi connectivity index (χ0v) is 14.0. The number of aryl methyl sites for hydroxylation is 2. The van der Waals surface area contributed by atoms with Gasteiger partial charge in [-0.2, -0.15) is 5.10 Å².